The highest BCUT2D eigenvalue weighted by Crippen LogP contribution is 2.32. The molecule has 0 saturated carbocycles. The van der Waals surface area contributed by atoms with Crippen molar-refractivity contribution in [2.45, 2.75) is 6.42 Å². The number of fused-ring (bicyclic) bond motifs is 1. The van der Waals surface area contributed by atoms with Gasteiger partial charge in [0.25, 0.3) is 5.91 Å². The van der Waals surface area contributed by atoms with Gasteiger partial charge in [-0.2, -0.15) is 0 Å². The summed E-state index contributed by atoms with van der Waals surface area (Å²) in [6.07, 6.45) is 0.870. The topological polar surface area (TPSA) is 55.2 Å². The third kappa shape index (κ3) is 4.52. The Bertz CT molecular complexity index is 773. The van der Waals surface area contributed by atoms with Gasteiger partial charge >= 0.3 is 0 Å². The lowest BCUT2D eigenvalue weighted by Gasteiger charge is -2.33. The van der Waals surface area contributed by atoms with E-state index in [0.717, 1.165) is 44.0 Å². The smallest absolute Gasteiger partial charge is 0.279 e. The van der Waals surface area contributed by atoms with Crippen LogP contribution in [-0.4, -0.2) is 51.8 Å². The SMILES string of the molecule is O=C(C[NH+]1CCN(c2ccccc2)CC1)Nc1ccc2c(c1)OCCCO2. The summed E-state index contributed by atoms with van der Waals surface area (Å²) < 4.78 is 11.3. The van der Waals surface area contributed by atoms with Crippen LogP contribution in [0.5, 0.6) is 11.5 Å². The summed E-state index contributed by atoms with van der Waals surface area (Å²) in [5.41, 5.74) is 2.01. The minimum atomic E-state index is 0.0349. The number of anilines is 2. The van der Waals surface area contributed by atoms with Crippen molar-refractivity contribution in [3.05, 3.63) is 48.5 Å². The van der Waals surface area contributed by atoms with Crippen LogP contribution in [0, 0.1) is 0 Å². The summed E-state index contributed by atoms with van der Waals surface area (Å²) >= 11 is 0. The Morgan fingerprint density at radius 2 is 1.74 bits per heavy atom. The van der Waals surface area contributed by atoms with E-state index in [2.05, 4.69) is 34.5 Å². The van der Waals surface area contributed by atoms with E-state index < -0.39 is 0 Å². The van der Waals surface area contributed by atoms with Crippen molar-refractivity contribution in [3.8, 4) is 11.5 Å². The molecule has 6 heteroatoms. The van der Waals surface area contributed by atoms with Crippen LogP contribution in [-0.2, 0) is 4.79 Å². The molecule has 2 aliphatic heterocycles. The standard InChI is InChI=1S/C21H25N3O3/c25-21(22-17-7-8-19-20(15-17)27-14-4-13-26-19)16-23-9-11-24(12-10-23)18-5-2-1-3-6-18/h1-3,5-8,15H,4,9-14,16H2,(H,22,25)/p+1. The second-order valence-electron chi connectivity index (χ2n) is 7.01. The number of ether oxygens (including phenoxy) is 2. The molecule has 2 N–H and O–H groups in total. The molecule has 6 nitrogen and oxygen atoms in total. The normalized spacial score (nSPS) is 17.3. The number of hydrogen-bond acceptors (Lipinski definition) is 4. The van der Waals surface area contributed by atoms with Crippen molar-refractivity contribution in [1.82, 2.24) is 0 Å². The van der Waals surface area contributed by atoms with Crippen LogP contribution in [0.3, 0.4) is 0 Å². The number of carbonyl (C=O) groups excluding carboxylic acids is 1. The summed E-state index contributed by atoms with van der Waals surface area (Å²) in [5, 5.41) is 2.99. The Balaban J connectivity index is 1.28. The van der Waals surface area contributed by atoms with Crippen LogP contribution in [0.15, 0.2) is 48.5 Å². The number of benzene rings is 2. The van der Waals surface area contributed by atoms with Crippen molar-refractivity contribution < 1.29 is 19.2 Å². The number of hydrogen-bond donors (Lipinski definition) is 2. The minimum absolute atomic E-state index is 0.0349. The van der Waals surface area contributed by atoms with Gasteiger partial charge in [-0.15, -0.1) is 0 Å². The van der Waals surface area contributed by atoms with Crippen LogP contribution in [0.2, 0.25) is 0 Å². The van der Waals surface area contributed by atoms with Crippen LogP contribution in [0.25, 0.3) is 0 Å². The molecule has 0 spiro atoms. The number of piperazine rings is 1. The number of quaternary nitrogens is 1. The lowest BCUT2D eigenvalue weighted by Crippen LogP contribution is -3.15. The molecule has 27 heavy (non-hydrogen) atoms. The number of carbonyl (C=O) groups is 1. The van der Waals surface area contributed by atoms with Gasteiger partial charge in [-0.3, -0.25) is 4.79 Å². The summed E-state index contributed by atoms with van der Waals surface area (Å²) in [5.74, 6) is 1.48. The monoisotopic (exact) mass is 368 g/mol. The third-order valence-corrected chi connectivity index (χ3v) is 5.03. The zero-order valence-electron chi connectivity index (χ0n) is 15.4. The van der Waals surface area contributed by atoms with Crippen LogP contribution in [0.4, 0.5) is 11.4 Å². The van der Waals surface area contributed by atoms with E-state index in [9.17, 15) is 4.79 Å². The summed E-state index contributed by atoms with van der Waals surface area (Å²) in [6.45, 7) is 5.65. The maximum absolute atomic E-state index is 12.5. The van der Waals surface area contributed by atoms with Gasteiger partial charge in [0.05, 0.1) is 39.4 Å². The van der Waals surface area contributed by atoms with Gasteiger partial charge in [-0.1, -0.05) is 18.2 Å². The fourth-order valence-corrected chi connectivity index (χ4v) is 3.57. The molecule has 0 aromatic heterocycles. The molecule has 0 bridgehead atoms. The van der Waals surface area contributed by atoms with Crippen molar-refractivity contribution >= 4 is 17.3 Å². The Labute approximate surface area is 159 Å². The van der Waals surface area contributed by atoms with Crippen molar-refractivity contribution in [3.63, 3.8) is 0 Å². The second-order valence-corrected chi connectivity index (χ2v) is 7.01. The zero-order valence-corrected chi connectivity index (χ0v) is 15.4. The maximum Gasteiger partial charge on any atom is 0.279 e. The molecule has 0 atom stereocenters. The van der Waals surface area contributed by atoms with Gasteiger partial charge in [0.15, 0.2) is 18.0 Å². The molecule has 0 unspecified atom stereocenters. The first kappa shape index (κ1) is 17.7. The summed E-state index contributed by atoms with van der Waals surface area (Å²) in [7, 11) is 0. The highest BCUT2D eigenvalue weighted by atomic mass is 16.5. The summed E-state index contributed by atoms with van der Waals surface area (Å²) in [4.78, 5) is 16.1. The quantitative estimate of drug-likeness (QED) is 0.851. The molecule has 2 heterocycles. The first-order valence-electron chi connectivity index (χ1n) is 9.61. The van der Waals surface area contributed by atoms with Gasteiger partial charge < -0.3 is 24.6 Å². The lowest BCUT2D eigenvalue weighted by atomic mass is 10.2. The molecule has 142 valence electrons. The molecule has 1 amide bonds. The van der Waals surface area contributed by atoms with Gasteiger partial charge in [-0.05, 0) is 24.3 Å². The first-order valence-corrected chi connectivity index (χ1v) is 9.61. The Kier molecular flexibility index (Phi) is 5.44. The minimum Gasteiger partial charge on any atom is -0.490 e. The Morgan fingerprint density at radius 3 is 2.52 bits per heavy atom. The molecule has 0 aliphatic carbocycles. The van der Waals surface area contributed by atoms with E-state index >= 15 is 0 Å². The number of amides is 1. The van der Waals surface area contributed by atoms with Crippen molar-refractivity contribution in [2.75, 3.05) is 56.2 Å². The third-order valence-electron chi connectivity index (χ3n) is 5.03. The van der Waals surface area contributed by atoms with Crippen LogP contribution in [0.1, 0.15) is 6.42 Å². The van der Waals surface area contributed by atoms with Crippen LogP contribution >= 0.6 is 0 Å². The number of nitrogens with one attached hydrogen (secondary N) is 2. The van der Waals surface area contributed by atoms with Gasteiger partial charge in [0.1, 0.15) is 0 Å². The molecule has 2 aliphatic rings. The fourth-order valence-electron chi connectivity index (χ4n) is 3.57. The second kappa shape index (κ2) is 8.31. The van der Waals surface area contributed by atoms with E-state index in [4.69, 9.17) is 9.47 Å². The predicted octanol–water partition coefficient (Wildman–Crippen LogP) is 1.19. The largest absolute Gasteiger partial charge is 0.490 e. The van der Waals surface area contributed by atoms with Crippen molar-refractivity contribution in [1.29, 1.82) is 0 Å². The molecule has 0 radical (unpaired) electrons. The van der Waals surface area contributed by atoms with E-state index in [-0.39, 0.29) is 5.91 Å². The highest BCUT2D eigenvalue weighted by Gasteiger charge is 2.22. The zero-order chi connectivity index (χ0) is 18.5. The Hall–Kier alpha value is -2.73. The molecular formula is C21H26N3O3+. The summed E-state index contributed by atoms with van der Waals surface area (Å²) in [6, 6.07) is 16.0. The molecule has 1 fully saturated rings. The number of rotatable bonds is 4. The van der Waals surface area contributed by atoms with E-state index in [1.54, 1.807) is 0 Å². The van der Waals surface area contributed by atoms with E-state index in [1.165, 1.54) is 10.6 Å². The van der Waals surface area contributed by atoms with Crippen LogP contribution < -0.4 is 24.6 Å². The average molecular weight is 368 g/mol. The van der Waals surface area contributed by atoms with Crippen molar-refractivity contribution in [2.24, 2.45) is 0 Å². The maximum atomic E-state index is 12.5. The first-order chi connectivity index (χ1) is 13.3. The fraction of sp³-hybridized carbons (Fsp3) is 0.381. The van der Waals surface area contributed by atoms with Gasteiger partial charge in [-0.25, -0.2) is 0 Å². The number of para-hydroxylation sites is 1. The molecule has 4 rings (SSSR count). The average Bonchev–Trinajstić information content (AvgIpc) is 2.94. The molecule has 2 aromatic rings. The van der Waals surface area contributed by atoms with E-state index in [1.807, 2.05) is 24.3 Å². The predicted molar refractivity (Wildman–Crippen MR) is 105 cm³/mol. The van der Waals surface area contributed by atoms with Gasteiger partial charge in [0.2, 0.25) is 0 Å². The van der Waals surface area contributed by atoms with Gasteiger partial charge in [0, 0.05) is 23.9 Å². The molecule has 2 aromatic carbocycles. The lowest BCUT2D eigenvalue weighted by molar-refractivity contribution is -0.892. The van der Waals surface area contributed by atoms with E-state index in [0.29, 0.717) is 25.5 Å². The number of nitrogens with zero attached hydrogens (tertiary/aromatic N) is 1. The Morgan fingerprint density at radius 1 is 1.00 bits per heavy atom. The highest BCUT2D eigenvalue weighted by molar-refractivity contribution is 5.91. The molecular weight excluding hydrogens is 342 g/mol. The molecule has 1 saturated heterocycles.